The zero-order chi connectivity index (χ0) is 11.7. The second-order valence-corrected chi connectivity index (χ2v) is 4.73. The Bertz CT molecular complexity index is 495. The lowest BCUT2D eigenvalue weighted by molar-refractivity contribution is 0.733. The largest absolute Gasteiger partial charge is 0.346 e. The summed E-state index contributed by atoms with van der Waals surface area (Å²) in [5, 5.41) is 1.36. The van der Waals surface area contributed by atoms with Gasteiger partial charge in [-0.05, 0) is 36.1 Å². The highest BCUT2D eigenvalue weighted by Crippen LogP contribution is 2.25. The van der Waals surface area contributed by atoms with Crippen molar-refractivity contribution in [2.75, 3.05) is 6.54 Å². The Labute approximate surface area is 97.1 Å². The minimum Gasteiger partial charge on any atom is -0.346 e. The molecule has 0 saturated heterocycles. The van der Waals surface area contributed by atoms with E-state index >= 15 is 0 Å². The van der Waals surface area contributed by atoms with Gasteiger partial charge in [-0.1, -0.05) is 19.9 Å². The molecule has 2 heteroatoms. The zero-order valence-electron chi connectivity index (χ0n) is 10.3. The molecule has 0 saturated carbocycles. The Morgan fingerprint density at radius 1 is 1.31 bits per heavy atom. The fraction of sp³-hybridized carbons (Fsp3) is 0.429. The van der Waals surface area contributed by atoms with Gasteiger partial charge in [0.15, 0.2) is 0 Å². The molecule has 0 aliphatic carbocycles. The summed E-state index contributed by atoms with van der Waals surface area (Å²) in [5.41, 5.74) is 9.66. The van der Waals surface area contributed by atoms with Crippen LogP contribution in [0.1, 0.15) is 30.9 Å². The first kappa shape index (κ1) is 11.2. The molecule has 0 radical (unpaired) electrons. The molecule has 0 amide bonds. The summed E-state index contributed by atoms with van der Waals surface area (Å²) in [4.78, 5) is 0. The molecule has 0 bridgehead atoms. The molecule has 16 heavy (non-hydrogen) atoms. The molecule has 0 spiro atoms. The van der Waals surface area contributed by atoms with Gasteiger partial charge in [-0.3, -0.25) is 0 Å². The van der Waals surface area contributed by atoms with Crippen LogP contribution < -0.4 is 5.73 Å². The molecule has 2 aromatic rings. The molecule has 2 rings (SSSR count). The summed E-state index contributed by atoms with van der Waals surface area (Å²) in [5.74, 6) is 0.585. The quantitative estimate of drug-likeness (QED) is 0.840. The maximum absolute atomic E-state index is 5.62. The van der Waals surface area contributed by atoms with Gasteiger partial charge in [0.1, 0.15) is 0 Å². The van der Waals surface area contributed by atoms with Gasteiger partial charge in [-0.15, -0.1) is 0 Å². The first-order chi connectivity index (χ1) is 7.63. The Balaban J connectivity index is 2.57. The van der Waals surface area contributed by atoms with Crippen LogP contribution in [0.5, 0.6) is 0 Å². The van der Waals surface area contributed by atoms with E-state index in [4.69, 9.17) is 5.73 Å². The monoisotopic (exact) mass is 216 g/mol. The van der Waals surface area contributed by atoms with E-state index in [0.717, 1.165) is 6.54 Å². The van der Waals surface area contributed by atoms with E-state index < -0.39 is 0 Å². The van der Waals surface area contributed by atoms with Crippen molar-refractivity contribution in [1.82, 2.24) is 4.57 Å². The third kappa shape index (κ3) is 1.85. The third-order valence-corrected chi connectivity index (χ3v) is 3.14. The third-order valence-electron chi connectivity index (χ3n) is 3.14. The van der Waals surface area contributed by atoms with Gasteiger partial charge in [0.25, 0.3) is 0 Å². The molecule has 0 atom stereocenters. The first-order valence-corrected chi connectivity index (χ1v) is 5.93. The summed E-state index contributed by atoms with van der Waals surface area (Å²) in [6.45, 7) is 8.21. The predicted molar refractivity (Wildman–Crippen MR) is 69.8 cm³/mol. The highest BCUT2D eigenvalue weighted by Gasteiger charge is 2.07. The predicted octanol–water partition coefficient (Wildman–Crippen LogP) is 3.03. The van der Waals surface area contributed by atoms with Gasteiger partial charge < -0.3 is 10.3 Å². The number of aromatic nitrogens is 1. The van der Waals surface area contributed by atoms with Gasteiger partial charge in [0.2, 0.25) is 0 Å². The average Bonchev–Trinajstić information content (AvgIpc) is 2.56. The maximum atomic E-state index is 5.62. The topological polar surface area (TPSA) is 30.9 Å². The van der Waals surface area contributed by atoms with Crippen LogP contribution in [0.3, 0.4) is 0 Å². The fourth-order valence-corrected chi connectivity index (χ4v) is 2.18. The number of nitrogens with zero attached hydrogens (tertiary/aromatic N) is 1. The van der Waals surface area contributed by atoms with Crippen LogP contribution in [-0.2, 0) is 6.54 Å². The smallest absolute Gasteiger partial charge is 0.0483 e. The van der Waals surface area contributed by atoms with Crippen LogP contribution in [0, 0.1) is 6.92 Å². The number of aryl methyl sites for hydroxylation is 1. The van der Waals surface area contributed by atoms with Crippen LogP contribution >= 0.6 is 0 Å². The lowest BCUT2D eigenvalue weighted by Gasteiger charge is -2.07. The van der Waals surface area contributed by atoms with Crippen LogP contribution in [0.4, 0.5) is 0 Å². The van der Waals surface area contributed by atoms with Crippen LogP contribution in [0.2, 0.25) is 0 Å². The summed E-state index contributed by atoms with van der Waals surface area (Å²) >= 11 is 0. The van der Waals surface area contributed by atoms with Crippen LogP contribution in [0.25, 0.3) is 10.9 Å². The lowest BCUT2D eigenvalue weighted by atomic mass is 10.0. The molecule has 1 aromatic carbocycles. The van der Waals surface area contributed by atoms with E-state index in [-0.39, 0.29) is 0 Å². The molecule has 0 fully saturated rings. The SMILES string of the molecule is Cc1cn(CCN)c2ccc(C(C)C)cc12. The van der Waals surface area contributed by atoms with Crippen LogP contribution in [-0.4, -0.2) is 11.1 Å². The molecule has 2 N–H and O–H groups in total. The molecule has 1 heterocycles. The lowest BCUT2D eigenvalue weighted by Crippen LogP contribution is -2.08. The van der Waals surface area contributed by atoms with Crippen molar-refractivity contribution >= 4 is 10.9 Å². The summed E-state index contributed by atoms with van der Waals surface area (Å²) in [6, 6.07) is 6.75. The van der Waals surface area contributed by atoms with Crippen molar-refractivity contribution in [1.29, 1.82) is 0 Å². The van der Waals surface area contributed by atoms with Crippen molar-refractivity contribution in [2.24, 2.45) is 5.73 Å². The van der Waals surface area contributed by atoms with Gasteiger partial charge in [0, 0.05) is 30.2 Å². The molecular weight excluding hydrogens is 196 g/mol. The summed E-state index contributed by atoms with van der Waals surface area (Å²) < 4.78 is 2.24. The van der Waals surface area contributed by atoms with Gasteiger partial charge in [0.05, 0.1) is 0 Å². The van der Waals surface area contributed by atoms with E-state index in [1.165, 1.54) is 22.0 Å². The van der Waals surface area contributed by atoms with E-state index in [9.17, 15) is 0 Å². The number of nitrogens with two attached hydrogens (primary N) is 1. The normalized spacial score (nSPS) is 11.6. The summed E-state index contributed by atoms with van der Waals surface area (Å²) in [7, 11) is 0. The van der Waals surface area contributed by atoms with E-state index in [0.29, 0.717) is 12.5 Å². The van der Waals surface area contributed by atoms with Gasteiger partial charge in [-0.25, -0.2) is 0 Å². The highest BCUT2D eigenvalue weighted by atomic mass is 15.0. The van der Waals surface area contributed by atoms with E-state index in [2.05, 4.69) is 49.7 Å². The zero-order valence-corrected chi connectivity index (χ0v) is 10.3. The first-order valence-electron chi connectivity index (χ1n) is 5.93. The maximum Gasteiger partial charge on any atom is 0.0483 e. The number of rotatable bonds is 3. The molecule has 0 aliphatic rings. The van der Waals surface area contributed by atoms with Gasteiger partial charge in [-0.2, -0.15) is 0 Å². The Kier molecular flexibility index (Phi) is 3.01. The highest BCUT2D eigenvalue weighted by molar-refractivity contribution is 5.84. The van der Waals surface area contributed by atoms with Crippen LogP contribution in [0.15, 0.2) is 24.4 Å². The minimum absolute atomic E-state index is 0.585. The molecule has 0 aliphatic heterocycles. The number of hydrogen-bond donors (Lipinski definition) is 1. The Morgan fingerprint density at radius 3 is 2.69 bits per heavy atom. The number of benzene rings is 1. The van der Waals surface area contributed by atoms with Crippen molar-refractivity contribution < 1.29 is 0 Å². The van der Waals surface area contributed by atoms with E-state index in [1.807, 2.05) is 0 Å². The molecule has 2 nitrogen and oxygen atoms in total. The van der Waals surface area contributed by atoms with Crippen molar-refractivity contribution in [2.45, 2.75) is 33.2 Å². The average molecular weight is 216 g/mol. The number of fused-ring (bicyclic) bond motifs is 1. The molecular formula is C14H20N2. The summed E-state index contributed by atoms with van der Waals surface area (Å²) in [6.07, 6.45) is 2.20. The molecule has 1 aromatic heterocycles. The van der Waals surface area contributed by atoms with Crippen molar-refractivity contribution in [3.05, 3.63) is 35.5 Å². The second kappa shape index (κ2) is 4.30. The van der Waals surface area contributed by atoms with Crippen molar-refractivity contribution in [3.8, 4) is 0 Å². The Hall–Kier alpha value is -1.28. The Morgan fingerprint density at radius 2 is 2.06 bits per heavy atom. The number of hydrogen-bond acceptors (Lipinski definition) is 1. The van der Waals surface area contributed by atoms with Crippen molar-refractivity contribution in [3.63, 3.8) is 0 Å². The van der Waals surface area contributed by atoms with Gasteiger partial charge >= 0.3 is 0 Å². The minimum atomic E-state index is 0.585. The van der Waals surface area contributed by atoms with E-state index in [1.54, 1.807) is 0 Å². The fourth-order valence-electron chi connectivity index (χ4n) is 2.18. The standard InChI is InChI=1S/C14H20N2/c1-10(2)12-4-5-14-13(8-12)11(3)9-16(14)7-6-15/h4-5,8-10H,6-7,15H2,1-3H3. The molecule has 86 valence electrons. The second-order valence-electron chi connectivity index (χ2n) is 4.73. The molecule has 0 unspecified atom stereocenters.